The number of rotatable bonds is 7. The first-order valence-electron chi connectivity index (χ1n) is 6.29. The van der Waals surface area contributed by atoms with Gasteiger partial charge < -0.3 is 19.9 Å². The molecule has 0 radical (unpaired) electrons. The smallest absolute Gasteiger partial charge is 0.175 e. The summed E-state index contributed by atoms with van der Waals surface area (Å²) in [6, 6.07) is 3.93. The summed E-state index contributed by atoms with van der Waals surface area (Å²) in [5.74, 6) is 1.27. The van der Waals surface area contributed by atoms with Crippen molar-refractivity contribution >= 4 is 15.9 Å². The molecule has 2 N–H and O–H groups in total. The molecule has 0 aliphatic heterocycles. The molecule has 1 aromatic rings. The van der Waals surface area contributed by atoms with Crippen LogP contribution < -0.4 is 14.8 Å². The van der Waals surface area contributed by atoms with Crippen molar-refractivity contribution in [3.8, 4) is 11.5 Å². The third-order valence-electron chi connectivity index (χ3n) is 2.44. The van der Waals surface area contributed by atoms with Crippen molar-refractivity contribution in [3.05, 3.63) is 22.2 Å². The summed E-state index contributed by atoms with van der Waals surface area (Å²) in [6.45, 7) is 7.36. The van der Waals surface area contributed by atoms with E-state index in [-0.39, 0.29) is 6.61 Å². The molecule has 1 rings (SSSR count). The second-order valence-corrected chi connectivity index (χ2v) is 5.84. The Morgan fingerprint density at radius 2 is 2.05 bits per heavy atom. The Balaban J connectivity index is 2.91. The molecule has 0 aliphatic rings. The molecule has 108 valence electrons. The standard InChI is InChI=1S/C14H22BrNO3/c1-5-16-8-10-6-11(15)13(12(7-10)18-4)19-9-14(2,3)17/h6-7,16-17H,5,8-9H2,1-4H3. The quantitative estimate of drug-likeness (QED) is 0.806. The van der Waals surface area contributed by atoms with Crippen molar-refractivity contribution in [1.82, 2.24) is 5.32 Å². The number of hydrogen-bond donors (Lipinski definition) is 2. The molecule has 0 saturated carbocycles. The van der Waals surface area contributed by atoms with E-state index in [0.29, 0.717) is 11.5 Å². The van der Waals surface area contributed by atoms with Gasteiger partial charge >= 0.3 is 0 Å². The lowest BCUT2D eigenvalue weighted by atomic mass is 10.1. The number of methoxy groups -OCH3 is 1. The zero-order valence-electron chi connectivity index (χ0n) is 11.9. The molecule has 4 nitrogen and oxygen atoms in total. The molecule has 0 amide bonds. The molecule has 5 heteroatoms. The van der Waals surface area contributed by atoms with Crippen molar-refractivity contribution in [2.45, 2.75) is 32.9 Å². The minimum atomic E-state index is -0.882. The predicted molar refractivity (Wildman–Crippen MR) is 79.9 cm³/mol. The molecule has 0 heterocycles. The van der Waals surface area contributed by atoms with Gasteiger partial charge in [-0.1, -0.05) is 6.92 Å². The van der Waals surface area contributed by atoms with E-state index < -0.39 is 5.60 Å². The molecule has 0 fully saturated rings. The van der Waals surface area contributed by atoms with E-state index in [1.165, 1.54) is 0 Å². The second-order valence-electron chi connectivity index (χ2n) is 4.99. The monoisotopic (exact) mass is 331 g/mol. The Hall–Kier alpha value is -0.780. The minimum Gasteiger partial charge on any atom is -0.493 e. The van der Waals surface area contributed by atoms with Gasteiger partial charge in [0.25, 0.3) is 0 Å². The average Bonchev–Trinajstić information content (AvgIpc) is 2.33. The van der Waals surface area contributed by atoms with Gasteiger partial charge in [-0.2, -0.15) is 0 Å². The minimum absolute atomic E-state index is 0.203. The van der Waals surface area contributed by atoms with E-state index in [2.05, 4.69) is 28.2 Å². The van der Waals surface area contributed by atoms with Crippen LogP contribution in [-0.4, -0.2) is 31.0 Å². The van der Waals surface area contributed by atoms with Gasteiger partial charge in [0, 0.05) is 6.54 Å². The van der Waals surface area contributed by atoms with Gasteiger partial charge in [-0.15, -0.1) is 0 Å². The van der Waals surface area contributed by atoms with E-state index in [1.54, 1.807) is 21.0 Å². The molecule has 0 spiro atoms. The van der Waals surface area contributed by atoms with Crippen LogP contribution in [0.5, 0.6) is 11.5 Å². The van der Waals surface area contributed by atoms with Crippen molar-refractivity contribution in [1.29, 1.82) is 0 Å². The largest absolute Gasteiger partial charge is 0.493 e. The average molecular weight is 332 g/mol. The van der Waals surface area contributed by atoms with E-state index in [9.17, 15) is 5.11 Å². The first kappa shape index (κ1) is 16.3. The summed E-state index contributed by atoms with van der Waals surface area (Å²) in [5.41, 5.74) is 0.230. The molecule has 0 bridgehead atoms. The summed E-state index contributed by atoms with van der Waals surface area (Å²) >= 11 is 3.48. The third-order valence-corrected chi connectivity index (χ3v) is 3.03. The molecular formula is C14H22BrNO3. The number of ether oxygens (including phenoxy) is 2. The number of benzene rings is 1. The van der Waals surface area contributed by atoms with Crippen molar-refractivity contribution < 1.29 is 14.6 Å². The molecule has 0 aromatic heterocycles. The van der Waals surface area contributed by atoms with Crippen molar-refractivity contribution in [2.24, 2.45) is 0 Å². The summed E-state index contributed by atoms with van der Waals surface area (Å²) in [4.78, 5) is 0. The van der Waals surface area contributed by atoms with E-state index >= 15 is 0 Å². The number of aliphatic hydroxyl groups is 1. The number of hydrogen-bond acceptors (Lipinski definition) is 4. The summed E-state index contributed by atoms with van der Waals surface area (Å²) < 4.78 is 11.8. The fourth-order valence-corrected chi connectivity index (χ4v) is 2.14. The van der Waals surface area contributed by atoms with Gasteiger partial charge in [0.1, 0.15) is 6.61 Å². The van der Waals surface area contributed by atoms with Gasteiger partial charge in [-0.05, 0) is 54.0 Å². The van der Waals surface area contributed by atoms with Crippen LogP contribution >= 0.6 is 15.9 Å². The Bertz CT molecular complexity index is 416. The second kappa shape index (κ2) is 7.12. The first-order valence-corrected chi connectivity index (χ1v) is 7.09. The highest BCUT2D eigenvalue weighted by molar-refractivity contribution is 9.10. The fraction of sp³-hybridized carbons (Fsp3) is 0.571. The predicted octanol–water partition coefficient (Wildman–Crippen LogP) is 2.72. The Labute approximate surface area is 123 Å². The van der Waals surface area contributed by atoms with E-state index in [1.807, 2.05) is 12.1 Å². The van der Waals surface area contributed by atoms with Crippen LogP contribution in [0.15, 0.2) is 16.6 Å². The van der Waals surface area contributed by atoms with Crippen molar-refractivity contribution in [3.63, 3.8) is 0 Å². The number of nitrogens with one attached hydrogen (secondary N) is 1. The van der Waals surface area contributed by atoms with Crippen LogP contribution in [0.1, 0.15) is 26.3 Å². The summed E-state index contributed by atoms with van der Waals surface area (Å²) in [5, 5.41) is 13.0. The summed E-state index contributed by atoms with van der Waals surface area (Å²) in [7, 11) is 1.61. The highest BCUT2D eigenvalue weighted by Gasteiger charge is 2.17. The van der Waals surface area contributed by atoms with Gasteiger partial charge in [0.05, 0.1) is 17.2 Å². The lowest BCUT2D eigenvalue weighted by molar-refractivity contribution is 0.0273. The molecule has 0 aliphatic carbocycles. The SMILES string of the molecule is CCNCc1cc(Br)c(OCC(C)(C)O)c(OC)c1. The Morgan fingerprint density at radius 3 is 2.58 bits per heavy atom. The van der Waals surface area contributed by atoms with Crippen molar-refractivity contribution in [2.75, 3.05) is 20.3 Å². The highest BCUT2D eigenvalue weighted by Crippen LogP contribution is 2.37. The van der Waals surface area contributed by atoms with Crippen LogP contribution in [0.25, 0.3) is 0 Å². The highest BCUT2D eigenvalue weighted by atomic mass is 79.9. The van der Waals surface area contributed by atoms with Gasteiger partial charge in [-0.3, -0.25) is 0 Å². The third kappa shape index (κ3) is 5.38. The molecule has 0 atom stereocenters. The van der Waals surface area contributed by atoms with Gasteiger partial charge in [0.15, 0.2) is 11.5 Å². The zero-order chi connectivity index (χ0) is 14.5. The van der Waals surface area contributed by atoms with Crippen LogP contribution in [-0.2, 0) is 6.54 Å². The maximum absolute atomic E-state index is 9.71. The zero-order valence-corrected chi connectivity index (χ0v) is 13.5. The van der Waals surface area contributed by atoms with Crippen LogP contribution in [0.2, 0.25) is 0 Å². The van der Waals surface area contributed by atoms with Crippen LogP contribution in [0, 0.1) is 0 Å². The molecular weight excluding hydrogens is 310 g/mol. The number of halogens is 1. The Morgan fingerprint density at radius 1 is 1.37 bits per heavy atom. The lowest BCUT2D eigenvalue weighted by Gasteiger charge is -2.20. The van der Waals surface area contributed by atoms with E-state index in [4.69, 9.17) is 9.47 Å². The van der Waals surface area contributed by atoms with Crippen LogP contribution in [0.4, 0.5) is 0 Å². The summed E-state index contributed by atoms with van der Waals surface area (Å²) in [6.07, 6.45) is 0. The maximum atomic E-state index is 9.71. The van der Waals surface area contributed by atoms with Gasteiger partial charge in [0.2, 0.25) is 0 Å². The molecule has 19 heavy (non-hydrogen) atoms. The maximum Gasteiger partial charge on any atom is 0.175 e. The van der Waals surface area contributed by atoms with E-state index in [0.717, 1.165) is 23.1 Å². The van der Waals surface area contributed by atoms with Crippen LogP contribution in [0.3, 0.4) is 0 Å². The fourth-order valence-electron chi connectivity index (χ4n) is 1.53. The topological polar surface area (TPSA) is 50.7 Å². The first-order chi connectivity index (χ1) is 8.87. The normalized spacial score (nSPS) is 11.5. The molecule has 0 saturated heterocycles. The molecule has 1 aromatic carbocycles. The lowest BCUT2D eigenvalue weighted by Crippen LogP contribution is -2.28. The van der Waals surface area contributed by atoms with Gasteiger partial charge in [-0.25, -0.2) is 0 Å². The molecule has 0 unspecified atom stereocenters. The Kier molecular flexibility index (Phi) is 6.10.